The number of anilines is 1. The third kappa shape index (κ3) is 5.56. The number of aromatic nitrogens is 2. The Bertz CT molecular complexity index is 1390. The SMILES string of the molecule is Cc1ccc(-c2nn(-c3ccccc3)cc2C(=O)N2CCC(NC(=O)Nc3ccccc3)CC2)cc1C. The average molecular weight is 494 g/mol. The van der Waals surface area contributed by atoms with Crippen molar-refractivity contribution in [2.75, 3.05) is 18.4 Å². The van der Waals surface area contributed by atoms with E-state index in [0.717, 1.165) is 22.5 Å². The summed E-state index contributed by atoms with van der Waals surface area (Å²) in [4.78, 5) is 28.0. The van der Waals surface area contributed by atoms with Gasteiger partial charge in [-0.3, -0.25) is 4.79 Å². The molecular weight excluding hydrogens is 462 g/mol. The molecule has 3 aromatic carbocycles. The Morgan fingerprint density at radius 2 is 1.54 bits per heavy atom. The minimum absolute atomic E-state index is 0.0130. The van der Waals surface area contributed by atoms with Crippen molar-refractivity contribution in [2.24, 2.45) is 0 Å². The van der Waals surface area contributed by atoms with E-state index in [1.54, 1.807) is 4.68 Å². The molecule has 7 heteroatoms. The third-order valence-electron chi connectivity index (χ3n) is 6.89. The topological polar surface area (TPSA) is 79.3 Å². The molecule has 3 amide bonds. The number of benzene rings is 3. The first-order chi connectivity index (χ1) is 18.0. The normalized spacial score (nSPS) is 13.8. The number of para-hydroxylation sites is 2. The van der Waals surface area contributed by atoms with Crippen molar-refractivity contribution in [3.05, 3.63) is 102 Å². The molecular formula is C30H31N5O2. The molecule has 1 aromatic heterocycles. The Hall–Kier alpha value is -4.39. The number of aryl methyl sites for hydroxylation is 2. The van der Waals surface area contributed by atoms with Crippen LogP contribution in [0.1, 0.15) is 34.3 Å². The molecule has 2 heterocycles. The highest BCUT2D eigenvalue weighted by Gasteiger charge is 2.28. The largest absolute Gasteiger partial charge is 0.338 e. The number of likely N-dealkylation sites (tertiary alicyclic amines) is 1. The summed E-state index contributed by atoms with van der Waals surface area (Å²) in [5.74, 6) is -0.0393. The summed E-state index contributed by atoms with van der Waals surface area (Å²) >= 11 is 0. The van der Waals surface area contributed by atoms with Gasteiger partial charge < -0.3 is 15.5 Å². The maximum atomic E-state index is 13.7. The molecule has 0 atom stereocenters. The number of hydrogen-bond donors (Lipinski definition) is 2. The van der Waals surface area contributed by atoms with Gasteiger partial charge in [-0.05, 0) is 68.1 Å². The van der Waals surface area contributed by atoms with Gasteiger partial charge in [0.1, 0.15) is 5.69 Å². The zero-order chi connectivity index (χ0) is 25.8. The maximum absolute atomic E-state index is 13.7. The third-order valence-corrected chi connectivity index (χ3v) is 6.89. The second-order valence-electron chi connectivity index (χ2n) is 9.50. The number of urea groups is 1. The van der Waals surface area contributed by atoms with Crippen LogP contribution in [0.2, 0.25) is 0 Å². The van der Waals surface area contributed by atoms with Crippen molar-refractivity contribution in [1.82, 2.24) is 20.0 Å². The van der Waals surface area contributed by atoms with Crippen LogP contribution in [-0.4, -0.2) is 45.8 Å². The van der Waals surface area contributed by atoms with E-state index in [-0.39, 0.29) is 18.0 Å². The Morgan fingerprint density at radius 3 is 2.22 bits per heavy atom. The van der Waals surface area contributed by atoms with E-state index >= 15 is 0 Å². The van der Waals surface area contributed by atoms with Gasteiger partial charge in [-0.1, -0.05) is 48.5 Å². The molecule has 0 saturated carbocycles. The van der Waals surface area contributed by atoms with Crippen LogP contribution in [0.5, 0.6) is 0 Å². The van der Waals surface area contributed by atoms with Crippen molar-refractivity contribution < 1.29 is 9.59 Å². The number of rotatable bonds is 5. The molecule has 2 N–H and O–H groups in total. The van der Waals surface area contributed by atoms with Gasteiger partial charge in [-0.15, -0.1) is 0 Å². The van der Waals surface area contributed by atoms with Crippen molar-refractivity contribution in [3.8, 4) is 16.9 Å². The lowest BCUT2D eigenvalue weighted by atomic mass is 10.0. The lowest BCUT2D eigenvalue weighted by molar-refractivity contribution is 0.0709. The van der Waals surface area contributed by atoms with Crippen LogP contribution >= 0.6 is 0 Å². The Morgan fingerprint density at radius 1 is 0.865 bits per heavy atom. The van der Waals surface area contributed by atoms with E-state index in [0.29, 0.717) is 37.2 Å². The summed E-state index contributed by atoms with van der Waals surface area (Å²) in [6, 6.07) is 25.2. The fraction of sp³-hybridized carbons (Fsp3) is 0.233. The first-order valence-corrected chi connectivity index (χ1v) is 12.6. The Kier molecular flexibility index (Phi) is 7.03. The van der Waals surface area contributed by atoms with Crippen LogP contribution < -0.4 is 10.6 Å². The van der Waals surface area contributed by atoms with Crippen LogP contribution in [0.4, 0.5) is 10.5 Å². The number of piperidine rings is 1. The Balaban J connectivity index is 1.31. The number of nitrogens with one attached hydrogen (secondary N) is 2. The van der Waals surface area contributed by atoms with E-state index in [4.69, 9.17) is 5.10 Å². The van der Waals surface area contributed by atoms with Gasteiger partial charge in [0.25, 0.3) is 5.91 Å². The lowest BCUT2D eigenvalue weighted by Crippen LogP contribution is -2.47. The van der Waals surface area contributed by atoms with Gasteiger partial charge >= 0.3 is 6.03 Å². The quantitative estimate of drug-likeness (QED) is 0.381. The summed E-state index contributed by atoms with van der Waals surface area (Å²) in [6.45, 7) is 5.28. The fourth-order valence-corrected chi connectivity index (χ4v) is 4.62. The number of carbonyl (C=O) groups is 2. The summed E-state index contributed by atoms with van der Waals surface area (Å²) in [6.07, 6.45) is 3.22. The highest BCUT2D eigenvalue weighted by atomic mass is 16.2. The van der Waals surface area contributed by atoms with Gasteiger partial charge in [0.05, 0.1) is 11.3 Å². The van der Waals surface area contributed by atoms with Gasteiger partial charge in [0.2, 0.25) is 0 Å². The number of hydrogen-bond acceptors (Lipinski definition) is 3. The average Bonchev–Trinajstić information content (AvgIpc) is 3.37. The molecule has 4 aromatic rings. The smallest absolute Gasteiger partial charge is 0.319 e. The van der Waals surface area contributed by atoms with Crippen molar-refractivity contribution >= 4 is 17.6 Å². The standard InChI is InChI=1S/C30H31N5O2/c1-21-13-14-23(19-22(21)2)28-27(20-35(33-28)26-11-7-4-8-12-26)29(36)34-17-15-25(16-18-34)32-30(37)31-24-9-5-3-6-10-24/h3-14,19-20,25H,15-18H2,1-2H3,(H2,31,32,37). The number of amides is 3. The zero-order valence-corrected chi connectivity index (χ0v) is 21.1. The van der Waals surface area contributed by atoms with Crippen LogP contribution in [0, 0.1) is 13.8 Å². The predicted octanol–water partition coefficient (Wildman–Crippen LogP) is 5.58. The summed E-state index contributed by atoms with van der Waals surface area (Å²) in [5.41, 5.74) is 6.20. The maximum Gasteiger partial charge on any atom is 0.319 e. The van der Waals surface area contributed by atoms with Crippen LogP contribution in [0.3, 0.4) is 0 Å². The molecule has 37 heavy (non-hydrogen) atoms. The minimum atomic E-state index is -0.225. The van der Waals surface area contributed by atoms with E-state index in [2.05, 4.69) is 36.6 Å². The van der Waals surface area contributed by atoms with Gasteiger partial charge in [0, 0.05) is 36.6 Å². The van der Waals surface area contributed by atoms with Gasteiger partial charge in [0.15, 0.2) is 0 Å². The highest BCUT2D eigenvalue weighted by Crippen LogP contribution is 2.28. The predicted molar refractivity (Wildman–Crippen MR) is 146 cm³/mol. The van der Waals surface area contributed by atoms with Crippen molar-refractivity contribution in [2.45, 2.75) is 32.7 Å². The molecule has 5 rings (SSSR count). The van der Waals surface area contributed by atoms with E-state index < -0.39 is 0 Å². The van der Waals surface area contributed by atoms with E-state index in [1.807, 2.05) is 77.8 Å². The molecule has 0 aliphatic carbocycles. The Labute approximate surface area is 217 Å². The summed E-state index contributed by atoms with van der Waals surface area (Å²) in [7, 11) is 0. The van der Waals surface area contributed by atoms with Crippen LogP contribution in [0.15, 0.2) is 85.1 Å². The molecule has 1 aliphatic heterocycles. The fourth-order valence-electron chi connectivity index (χ4n) is 4.62. The van der Waals surface area contributed by atoms with Crippen LogP contribution in [-0.2, 0) is 0 Å². The highest BCUT2D eigenvalue weighted by molar-refractivity contribution is 6.00. The second kappa shape index (κ2) is 10.7. The monoisotopic (exact) mass is 493 g/mol. The molecule has 0 radical (unpaired) electrons. The number of nitrogens with zero attached hydrogens (tertiary/aromatic N) is 3. The van der Waals surface area contributed by atoms with Crippen LogP contribution in [0.25, 0.3) is 16.9 Å². The molecule has 1 fully saturated rings. The van der Waals surface area contributed by atoms with Crippen molar-refractivity contribution in [3.63, 3.8) is 0 Å². The van der Waals surface area contributed by atoms with Crippen molar-refractivity contribution in [1.29, 1.82) is 0 Å². The molecule has 1 aliphatic rings. The molecule has 1 saturated heterocycles. The first-order valence-electron chi connectivity index (χ1n) is 12.6. The minimum Gasteiger partial charge on any atom is -0.338 e. The van der Waals surface area contributed by atoms with Gasteiger partial charge in [-0.2, -0.15) is 5.10 Å². The van der Waals surface area contributed by atoms with E-state index in [1.165, 1.54) is 5.56 Å². The molecule has 7 nitrogen and oxygen atoms in total. The molecule has 0 spiro atoms. The lowest BCUT2D eigenvalue weighted by Gasteiger charge is -2.32. The summed E-state index contributed by atoms with van der Waals surface area (Å²) < 4.78 is 1.78. The summed E-state index contributed by atoms with van der Waals surface area (Å²) in [5, 5.41) is 10.7. The molecule has 188 valence electrons. The second-order valence-corrected chi connectivity index (χ2v) is 9.50. The molecule has 0 bridgehead atoms. The van der Waals surface area contributed by atoms with E-state index in [9.17, 15) is 9.59 Å². The van der Waals surface area contributed by atoms with Gasteiger partial charge in [-0.25, -0.2) is 9.48 Å². The zero-order valence-electron chi connectivity index (χ0n) is 21.1. The number of carbonyl (C=O) groups excluding carboxylic acids is 2. The first kappa shape index (κ1) is 24.3. The molecule has 0 unspecified atom stereocenters.